The zero-order valence-electron chi connectivity index (χ0n) is 10.8. The lowest BCUT2D eigenvalue weighted by Gasteiger charge is -2.23. The molecule has 0 spiro atoms. The van der Waals surface area contributed by atoms with Gasteiger partial charge in [-0.3, -0.25) is 0 Å². The SMILES string of the molecule is C[Si](C)(C)OC(C#N)c1cc(Cl)cc2c1OCC2. The highest BCUT2D eigenvalue weighted by atomic mass is 35.5. The highest BCUT2D eigenvalue weighted by molar-refractivity contribution is 6.69. The van der Waals surface area contributed by atoms with Crippen LogP contribution in [-0.2, 0) is 10.8 Å². The average molecular weight is 282 g/mol. The van der Waals surface area contributed by atoms with Crippen molar-refractivity contribution in [3.63, 3.8) is 0 Å². The molecule has 5 heteroatoms. The second-order valence-corrected chi connectivity index (χ2v) is 10.2. The third kappa shape index (κ3) is 2.86. The smallest absolute Gasteiger partial charge is 0.186 e. The van der Waals surface area contributed by atoms with Gasteiger partial charge >= 0.3 is 0 Å². The molecule has 0 radical (unpaired) electrons. The molecule has 0 aromatic heterocycles. The van der Waals surface area contributed by atoms with Crippen LogP contribution < -0.4 is 4.74 Å². The fourth-order valence-corrected chi connectivity index (χ4v) is 3.14. The first-order chi connectivity index (χ1) is 8.40. The molecule has 1 aliphatic rings. The maximum Gasteiger partial charge on any atom is 0.186 e. The van der Waals surface area contributed by atoms with E-state index in [-0.39, 0.29) is 0 Å². The summed E-state index contributed by atoms with van der Waals surface area (Å²) in [7, 11) is -1.80. The van der Waals surface area contributed by atoms with Gasteiger partial charge in [-0.1, -0.05) is 11.6 Å². The van der Waals surface area contributed by atoms with E-state index in [4.69, 9.17) is 20.8 Å². The minimum Gasteiger partial charge on any atom is -0.493 e. The molecule has 0 bridgehead atoms. The molecule has 0 aliphatic carbocycles. The number of nitriles is 1. The number of hydrogen-bond donors (Lipinski definition) is 0. The molecule has 0 amide bonds. The van der Waals surface area contributed by atoms with Crippen LogP contribution in [0, 0.1) is 11.3 Å². The summed E-state index contributed by atoms with van der Waals surface area (Å²) in [5.41, 5.74) is 1.83. The average Bonchev–Trinajstić information content (AvgIpc) is 2.71. The van der Waals surface area contributed by atoms with Crippen molar-refractivity contribution < 1.29 is 9.16 Å². The molecule has 3 nitrogen and oxygen atoms in total. The lowest BCUT2D eigenvalue weighted by Crippen LogP contribution is -2.27. The summed E-state index contributed by atoms with van der Waals surface area (Å²) in [6.45, 7) is 6.82. The van der Waals surface area contributed by atoms with Gasteiger partial charge < -0.3 is 9.16 Å². The van der Waals surface area contributed by atoms with Crippen LogP contribution in [0.15, 0.2) is 12.1 Å². The second-order valence-electron chi connectivity index (χ2n) is 5.32. The zero-order valence-corrected chi connectivity index (χ0v) is 12.5. The summed E-state index contributed by atoms with van der Waals surface area (Å²) in [5, 5.41) is 9.95. The molecule has 0 N–H and O–H groups in total. The quantitative estimate of drug-likeness (QED) is 0.794. The maximum atomic E-state index is 9.31. The molecular formula is C13H16ClNO2Si. The van der Waals surface area contributed by atoms with Crippen LogP contribution in [0.1, 0.15) is 17.2 Å². The third-order valence-electron chi connectivity index (χ3n) is 2.65. The van der Waals surface area contributed by atoms with Crippen molar-refractivity contribution in [3.05, 3.63) is 28.3 Å². The van der Waals surface area contributed by atoms with E-state index < -0.39 is 14.4 Å². The molecule has 18 heavy (non-hydrogen) atoms. The van der Waals surface area contributed by atoms with Crippen molar-refractivity contribution in [2.24, 2.45) is 0 Å². The van der Waals surface area contributed by atoms with E-state index in [1.807, 2.05) is 6.07 Å². The van der Waals surface area contributed by atoms with Crippen molar-refractivity contribution in [1.29, 1.82) is 5.26 Å². The van der Waals surface area contributed by atoms with E-state index in [1.165, 1.54) is 0 Å². The molecule has 1 unspecified atom stereocenters. The lowest BCUT2D eigenvalue weighted by molar-refractivity contribution is 0.246. The van der Waals surface area contributed by atoms with E-state index in [2.05, 4.69) is 25.7 Å². The number of rotatable bonds is 3. The number of ether oxygens (including phenoxy) is 1. The summed E-state index contributed by atoms with van der Waals surface area (Å²) in [6.07, 6.45) is 0.246. The van der Waals surface area contributed by atoms with Gasteiger partial charge in [0.2, 0.25) is 0 Å². The van der Waals surface area contributed by atoms with Crippen LogP contribution in [0.4, 0.5) is 0 Å². The molecule has 1 atom stereocenters. The number of nitrogens with zero attached hydrogens (tertiary/aromatic N) is 1. The standard InChI is InChI=1S/C13H16ClNO2Si/c1-18(2,3)17-12(8-15)11-7-10(14)6-9-4-5-16-13(9)11/h6-7,12H,4-5H2,1-3H3. The first kappa shape index (κ1) is 13.4. The normalized spacial score (nSPS) is 15.7. The van der Waals surface area contributed by atoms with Gasteiger partial charge in [-0.2, -0.15) is 5.26 Å². The van der Waals surface area contributed by atoms with Crippen molar-refractivity contribution >= 4 is 19.9 Å². The van der Waals surface area contributed by atoms with Crippen molar-refractivity contribution in [3.8, 4) is 11.8 Å². The molecule has 1 aliphatic heterocycles. The molecule has 1 aromatic rings. The fraction of sp³-hybridized carbons (Fsp3) is 0.462. The molecule has 0 saturated carbocycles. The molecule has 2 rings (SSSR count). The summed E-state index contributed by atoms with van der Waals surface area (Å²) < 4.78 is 11.5. The molecular weight excluding hydrogens is 266 g/mol. The van der Waals surface area contributed by atoms with Crippen LogP contribution in [0.3, 0.4) is 0 Å². The van der Waals surface area contributed by atoms with E-state index in [0.29, 0.717) is 11.6 Å². The van der Waals surface area contributed by atoms with Crippen LogP contribution in [0.2, 0.25) is 24.7 Å². The Balaban J connectivity index is 2.41. The predicted octanol–water partition coefficient (Wildman–Crippen LogP) is 3.69. The van der Waals surface area contributed by atoms with Gasteiger partial charge in [0.25, 0.3) is 0 Å². The Morgan fingerprint density at radius 3 is 2.78 bits per heavy atom. The van der Waals surface area contributed by atoms with Gasteiger partial charge in [0.1, 0.15) is 5.75 Å². The zero-order chi connectivity index (χ0) is 13.3. The fourth-order valence-electron chi connectivity index (χ4n) is 2.01. The highest BCUT2D eigenvalue weighted by Gasteiger charge is 2.28. The second kappa shape index (κ2) is 4.92. The van der Waals surface area contributed by atoms with Gasteiger partial charge in [0.05, 0.1) is 12.7 Å². The predicted molar refractivity (Wildman–Crippen MR) is 73.4 cm³/mol. The summed E-state index contributed by atoms with van der Waals surface area (Å²) in [4.78, 5) is 0. The molecule has 96 valence electrons. The Hall–Kier alpha value is -1.02. The first-order valence-electron chi connectivity index (χ1n) is 5.93. The van der Waals surface area contributed by atoms with Crippen molar-refractivity contribution in [2.75, 3.05) is 6.61 Å². The Morgan fingerprint density at radius 1 is 1.44 bits per heavy atom. The topological polar surface area (TPSA) is 42.2 Å². The van der Waals surface area contributed by atoms with Gasteiger partial charge in [-0.05, 0) is 37.3 Å². The van der Waals surface area contributed by atoms with Gasteiger partial charge in [-0.15, -0.1) is 0 Å². The van der Waals surface area contributed by atoms with Crippen LogP contribution >= 0.6 is 11.6 Å². The van der Waals surface area contributed by atoms with E-state index >= 15 is 0 Å². The lowest BCUT2D eigenvalue weighted by atomic mass is 10.0. The minimum atomic E-state index is -1.80. The van der Waals surface area contributed by atoms with Crippen LogP contribution in [0.5, 0.6) is 5.75 Å². The number of benzene rings is 1. The number of fused-ring (bicyclic) bond motifs is 1. The third-order valence-corrected chi connectivity index (χ3v) is 3.81. The monoisotopic (exact) mass is 281 g/mol. The Labute approximate surface area is 113 Å². The molecule has 0 saturated heterocycles. The van der Waals surface area contributed by atoms with Gasteiger partial charge in [-0.25, -0.2) is 0 Å². The first-order valence-corrected chi connectivity index (χ1v) is 9.72. The minimum absolute atomic E-state index is 0.595. The Kier molecular flexibility index (Phi) is 3.67. The largest absolute Gasteiger partial charge is 0.493 e. The summed E-state index contributed by atoms with van der Waals surface area (Å²) in [5.74, 6) is 0.782. The summed E-state index contributed by atoms with van der Waals surface area (Å²) in [6, 6.07) is 5.88. The Morgan fingerprint density at radius 2 is 2.17 bits per heavy atom. The van der Waals surface area contributed by atoms with E-state index in [0.717, 1.165) is 23.3 Å². The molecule has 0 fully saturated rings. The van der Waals surface area contributed by atoms with Crippen LogP contribution in [0.25, 0.3) is 0 Å². The van der Waals surface area contributed by atoms with E-state index in [9.17, 15) is 5.26 Å². The van der Waals surface area contributed by atoms with Crippen molar-refractivity contribution in [1.82, 2.24) is 0 Å². The van der Waals surface area contributed by atoms with E-state index in [1.54, 1.807) is 6.07 Å². The van der Waals surface area contributed by atoms with Crippen LogP contribution in [-0.4, -0.2) is 14.9 Å². The Bertz CT molecular complexity index is 505. The van der Waals surface area contributed by atoms with Gasteiger partial charge in [0, 0.05) is 17.0 Å². The summed E-state index contributed by atoms with van der Waals surface area (Å²) >= 11 is 6.09. The number of halogens is 1. The molecule has 1 aromatic carbocycles. The van der Waals surface area contributed by atoms with Crippen molar-refractivity contribution in [2.45, 2.75) is 32.2 Å². The van der Waals surface area contributed by atoms with Gasteiger partial charge in [0.15, 0.2) is 14.4 Å². The number of hydrogen-bond acceptors (Lipinski definition) is 3. The highest BCUT2D eigenvalue weighted by Crippen LogP contribution is 2.38. The maximum absolute atomic E-state index is 9.31. The molecule has 1 heterocycles.